The summed E-state index contributed by atoms with van der Waals surface area (Å²) < 4.78 is 20.3. The van der Waals surface area contributed by atoms with Crippen LogP contribution < -0.4 is 30.6 Å². The zero-order valence-corrected chi connectivity index (χ0v) is 32.9. The standard InChI is InChI=1S/C42H48N6O6Si/c1-27-39(55(4,5)35-16-13-33(52-2)14-17-35)38(19-21-47-26-32(20-22-49)45-46-47)54-42(27)36-24-34(53-3)15-18-37(36)48(41(42)51)25-28-7-6-8-31(23-28)44-40(50)29-9-11-30(43)12-10-29/h6-18,23-24,26-27,38-39,49H,19-22,25,43H2,1-5H3,(H,44,50)/t27-,38+,39-,42+/m1/s1. The zero-order chi connectivity index (χ0) is 38.9. The highest BCUT2D eigenvalue weighted by atomic mass is 28.3. The quantitative estimate of drug-likeness (QED) is 0.104. The number of benzene rings is 4. The lowest BCUT2D eigenvalue weighted by Gasteiger charge is -2.37. The number of ether oxygens (including phenoxy) is 3. The van der Waals surface area contributed by atoms with E-state index in [1.54, 1.807) is 43.2 Å². The number of carbonyl (C=O) groups excluding carboxylic acids is 2. The van der Waals surface area contributed by atoms with Gasteiger partial charge in [0.2, 0.25) is 0 Å². The number of aromatic nitrogens is 3. The van der Waals surface area contributed by atoms with Gasteiger partial charge in [0.05, 0.1) is 46.3 Å². The van der Waals surface area contributed by atoms with Gasteiger partial charge < -0.3 is 35.3 Å². The minimum Gasteiger partial charge on any atom is -0.497 e. The first-order valence-corrected chi connectivity index (χ1v) is 21.6. The molecule has 7 rings (SSSR count). The molecule has 0 saturated carbocycles. The minimum absolute atomic E-state index is 0.00177. The fourth-order valence-corrected chi connectivity index (χ4v) is 12.6. The first-order chi connectivity index (χ1) is 26.5. The first-order valence-electron chi connectivity index (χ1n) is 18.6. The fraction of sp³-hybridized carbons (Fsp3) is 0.333. The second-order valence-corrected chi connectivity index (χ2v) is 19.6. The molecular formula is C42H48N6O6Si. The maximum Gasteiger partial charge on any atom is 0.264 e. The Morgan fingerprint density at radius 1 is 1.00 bits per heavy atom. The SMILES string of the molecule is COc1ccc([Si](C)(C)[C@H]2[C@H](CCn3cc(CCO)nn3)O[C@@]3(C(=O)N(Cc4cccc(NC(=O)c5ccc(N)cc5)c4)c4ccc(OC)cc43)[C@@H]2C)cc1. The number of rotatable bonds is 13. The van der Waals surface area contributed by atoms with E-state index in [9.17, 15) is 9.90 Å². The molecule has 1 fully saturated rings. The van der Waals surface area contributed by atoms with E-state index in [0.717, 1.165) is 28.3 Å². The number of nitrogens with one attached hydrogen (secondary N) is 1. The fourth-order valence-electron chi connectivity index (χ4n) is 8.55. The molecular weight excluding hydrogens is 713 g/mol. The van der Waals surface area contributed by atoms with E-state index in [1.165, 1.54) is 5.19 Å². The highest BCUT2D eigenvalue weighted by Crippen LogP contribution is 2.60. The minimum atomic E-state index is -2.38. The Hall–Kier alpha value is -5.50. The molecule has 1 spiro atoms. The molecule has 0 unspecified atom stereocenters. The number of nitrogens with two attached hydrogens (primary N) is 1. The number of aliphatic hydroxyl groups is 1. The molecule has 4 aromatic carbocycles. The number of aryl methyl sites for hydroxylation is 1. The van der Waals surface area contributed by atoms with Gasteiger partial charge in [0.15, 0.2) is 5.60 Å². The van der Waals surface area contributed by atoms with Gasteiger partial charge in [-0.1, -0.05) is 54.7 Å². The monoisotopic (exact) mass is 760 g/mol. The number of hydrogen-bond acceptors (Lipinski definition) is 9. The molecule has 4 N–H and O–H groups in total. The molecule has 2 aliphatic rings. The summed E-state index contributed by atoms with van der Waals surface area (Å²) in [5, 5.41) is 22.2. The van der Waals surface area contributed by atoms with Crippen LogP contribution in [-0.2, 0) is 34.6 Å². The van der Waals surface area contributed by atoms with Gasteiger partial charge >= 0.3 is 0 Å². The number of carbonyl (C=O) groups is 2. The molecule has 1 aromatic heterocycles. The van der Waals surface area contributed by atoms with Gasteiger partial charge in [0.25, 0.3) is 11.8 Å². The van der Waals surface area contributed by atoms with Crippen LogP contribution in [0.3, 0.4) is 0 Å². The molecule has 3 heterocycles. The summed E-state index contributed by atoms with van der Waals surface area (Å²) in [4.78, 5) is 30.2. The maximum atomic E-state index is 15.3. The van der Waals surface area contributed by atoms with Crippen LogP contribution >= 0.6 is 0 Å². The van der Waals surface area contributed by atoms with E-state index in [-0.39, 0.29) is 42.5 Å². The lowest BCUT2D eigenvalue weighted by Crippen LogP contribution is -2.51. The van der Waals surface area contributed by atoms with Gasteiger partial charge in [-0.15, -0.1) is 5.10 Å². The van der Waals surface area contributed by atoms with E-state index in [1.807, 2.05) is 65.7 Å². The van der Waals surface area contributed by atoms with Gasteiger partial charge in [0, 0.05) is 54.2 Å². The molecule has 13 heteroatoms. The third kappa shape index (κ3) is 7.10. The van der Waals surface area contributed by atoms with Crippen molar-refractivity contribution in [1.82, 2.24) is 15.0 Å². The highest BCUT2D eigenvalue weighted by Gasteiger charge is 2.66. The Balaban J connectivity index is 1.24. The number of nitrogens with zero attached hydrogens (tertiary/aromatic N) is 4. The van der Waals surface area contributed by atoms with Gasteiger partial charge in [0.1, 0.15) is 11.5 Å². The number of nitrogen functional groups attached to an aromatic ring is 1. The Morgan fingerprint density at radius 3 is 2.44 bits per heavy atom. The van der Waals surface area contributed by atoms with Crippen molar-refractivity contribution in [2.75, 3.05) is 36.8 Å². The predicted molar refractivity (Wildman–Crippen MR) is 214 cm³/mol. The van der Waals surface area contributed by atoms with Crippen LogP contribution in [0.2, 0.25) is 18.6 Å². The molecule has 0 bridgehead atoms. The summed E-state index contributed by atoms with van der Waals surface area (Å²) in [6.07, 6.45) is 2.61. The summed E-state index contributed by atoms with van der Waals surface area (Å²) in [7, 11) is 0.911. The summed E-state index contributed by atoms with van der Waals surface area (Å²) in [5.41, 5.74) is 9.37. The normalized spacial score (nSPS) is 20.5. The number of amides is 2. The number of hydrogen-bond donors (Lipinski definition) is 3. The molecule has 55 heavy (non-hydrogen) atoms. The van der Waals surface area contributed by atoms with E-state index in [2.05, 4.69) is 47.8 Å². The van der Waals surface area contributed by atoms with Gasteiger partial charge in [-0.3, -0.25) is 14.3 Å². The molecule has 2 aliphatic heterocycles. The summed E-state index contributed by atoms with van der Waals surface area (Å²) in [6, 6.07) is 28.4. The van der Waals surface area contributed by atoms with Gasteiger partial charge in [-0.25, -0.2) is 0 Å². The van der Waals surface area contributed by atoms with Gasteiger partial charge in [-0.05, 0) is 84.3 Å². The van der Waals surface area contributed by atoms with Crippen LogP contribution in [0.15, 0.2) is 97.2 Å². The third-order valence-corrected chi connectivity index (χ3v) is 15.7. The van der Waals surface area contributed by atoms with Crippen molar-refractivity contribution < 1.29 is 28.9 Å². The largest absolute Gasteiger partial charge is 0.497 e. The average molecular weight is 761 g/mol. The highest BCUT2D eigenvalue weighted by molar-refractivity contribution is 6.91. The molecule has 286 valence electrons. The van der Waals surface area contributed by atoms with E-state index < -0.39 is 13.7 Å². The lowest BCUT2D eigenvalue weighted by molar-refractivity contribution is -0.146. The van der Waals surface area contributed by atoms with Crippen molar-refractivity contribution in [3.8, 4) is 11.5 Å². The van der Waals surface area contributed by atoms with Crippen LogP contribution in [0.4, 0.5) is 17.1 Å². The van der Waals surface area contributed by atoms with Crippen LogP contribution in [0.25, 0.3) is 0 Å². The lowest BCUT2D eigenvalue weighted by atomic mass is 9.82. The topological polar surface area (TPSA) is 154 Å². The van der Waals surface area contributed by atoms with Crippen molar-refractivity contribution >= 4 is 42.1 Å². The number of methoxy groups -OCH3 is 2. The van der Waals surface area contributed by atoms with Crippen LogP contribution in [0.5, 0.6) is 11.5 Å². The zero-order valence-electron chi connectivity index (χ0n) is 31.9. The molecule has 12 nitrogen and oxygen atoms in total. The van der Waals surface area contributed by atoms with Crippen molar-refractivity contribution in [2.45, 2.75) is 63.2 Å². The molecule has 0 aliphatic carbocycles. The van der Waals surface area contributed by atoms with Gasteiger partial charge in [-0.2, -0.15) is 0 Å². The second kappa shape index (κ2) is 15.3. The average Bonchev–Trinajstić information content (AvgIpc) is 3.84. The van der Waals surface area contributed by atoms with E-state index >= 15 is 4.79 Å². The van der Waals surface area contributed by atoms with Crippen molar-refractivity contribution in [3.05, 3.63) is 120 Å². The third-order valence-electron chi connectivity index (χ3n) is 11.3. The van der Waals surface area contributed by atoms with Crippen LogP contribution in [-0.4, -0.2) is 66.9 Å². The number of aliphatic hydroxyl groups excluding tert-OH is 1. The van der Waals surface area contributed by atoms with E-state index in [4.69, 9.17) is 19.9 Å². The Labute approximate surface area is 322 Å². The maximum absolute atomic E-state index is 15.3. The molecule has 4 atom stereocenters. The van der Waals surface area contributed by atoms with Crippen molar-refractivity contribution in [1.29, 1.82) is 0 Å². The van der Waals surface area contributed by atoms with Crippen molar-refractivity contribution in [3.63, 3.8) is 0 Å². The Kier molecular flexibility index (Phi) is 10.5. The molecule has 1 saturated heterocycles. The molecule has 0 radical (unpaired) electrons. The van der Waals surface area contributed by atoms with Crippen LogP contribution in [0, 0.1) is 5.92 Å². The smallest absolute Gasteiger partial charge is 0.264 e. The van der Waals surface area contributed by atoms with Crippen LogP contribution in [0.1, 0.15) is 40.5 Å². The molecule has 5 aromatic rings. The first kappa shape index (κ1) is 37.8. The summed E-state index contributed by atoms with van der Waals surface area (Å²) >= 11 is 0. The Bertz CT molecular complexity index is 2170. The Morgan fingerprint density at radius 2 is 1.73 bits per heavy atom. The van der Waals surface area contributed by atoms with Crippen molar-refractivity contribution in [2.24, 2.45) is 5.92 Å². The summed E-state index contributed by atoms with van der Waals surface area (Å²) in [5.74, 6) is 0.837. The predicted octanol–water partition coefficient (Wildman–Crippen LogP) is 5.52. The second-order valence-electron chi connectivity index (χ2n) is 14.9. The van der Waals surface area contributed by atoms with E-state index in [0.29, 0.717) is 42.1 Å². The summed E-state index contributed by atoms with van der Waals surface area (Å²) in [6.45, 7) is 7.67. The molecule has 2 amide bonds. The number of fused-ring (bicyclic) bond motifs is 2. The number of anilines is 3.